The molecule has 1 aromatic rings. The van der Waals surface area contributed by atoms with Gasteiger partial charge >= 0.3 is 0 Å². The number of nitrogens with zero attached hydrogens (tertiary/aromatic N) is 1. The van der Waals surface area contributed by atoms with Crippen LogP contribution in [-0.4, -0.2) is 19.8 Å². The highest BCUT2D eigenvalue weighted by molar-refractivity contribution is 5.34. The maximum atomic E-state index is 13.6. The molecule has 1 heterocycles. The van der Waals surface area contributed by atoms with Crippen LogP contribution in [0.2, 0.25) is 0 Å². The Bertz CT molecular complexity index is 456. The molecule has 2 rings (SSSR count). The summed E-state index contributed by atoms with van der Waals surface area (Å²) in [5, 5.41) is 11.7. The molecule has 1 fully saturated rings. The molecule has 0 atom stereocenters. The lowest BCUT2D eigenvalue weighted by atomic mass is 10.0. The normalized spacial score (nSPS) is 16.3. The summed E-state index contributed by atoms with van der Waals surface area (Å²) >= 11 is 0. The minimum absolute atomic E-state index is 0.00294. The first kappa shape index (κ1) is 13.9. The van der Waals surface area contributed by atoms with E-state index in [0.29, 0.717) is 5.92 Å². The van der Waals surface area contributed by atoms with Gasteiger partial charge in [0.1, 0.15) is 11.6 Å². The Balaban J connectivity index is 1.90. The first-order chi connectivity index (χ1) is 9.20. The van der Waals surface area contributed by atoms with Crippen molar-refractivity contribution in [1.82, 2.24) is 5.32 Å². The number of hydrogen-bond donors (Lipinski definition) is 1. The Morgan fingerprint density at radius 2 is 1.89 bits per heavy atom. The second kappa shape index (κ2) is 6.60. The third-order valence-electron chi connectivity index (χ3n) is 3.35. The van der Waals surface area contributed by atoms with Crippen LogP contribution in [0.15, 0.2) is 12.1 Å². The Morgan fingerprint density at radius 3 is 2.47 bits per heavy atom. The van der Waals surface area contributed by atoms with Gasteiger partial charge in [-0.2, -0.15) is 5.26 Å². The predicted octanol–water partition coefficient (Wildman–Crippen LogP) is 2.35. The molecule has 0 bridgehead atoms. The van der Waals surface area contributed by atoms with Crippen LogP contribution in [0.5, 0.6) is 0 Å². The molecule has 1 saturated heterocycles. The van der Waals surface area contributed by atoms with Crippen molar-refractivity contribution >= 4 is 0 Å². The monoisotopic (exact) mass is 266 g/mol. The first-order valence-electron chi connectivity index (χ1n) is 6.37. The van der Waals surface area contributed by atoms with E-state index in [2.05, 4.69) is 5.32 Å². The molecular weight excluding hydrogens is 250 g/mol. The van der Waals surface area contributed by atoms with Gasteiger partial charge in [-0.15, -0.1) is 0 Å². The van der Waals surface area contributed by atoms with E-state index in [0.717, 1.165) is 44.7 Å². The number of hydrogen-bond acceptors (Lipinski definition) is 3. The average molecular weight is 266 g/mol. The van der Waals surface area contributed by atoms with E-state index in [-0.39, 0.29) is 17.7 Å². The van der Waals surface area contributed by atoms with Crippen molar-refractivity contribution in [1.29, 1.82) is 5.26 Å². The molecule has 5 heteroatoms. The number of halogens is 2. The summed E-state index contributed by atoms with van der Waals surface area (Å²) in [6, 6.07) is 3.86. The smallest absolute Gasteiger partial charge is 0.131 e. The summed E-state index contributed by atoms with van der Waals surface area (Å²) in [4.78, 5) is 0. The fraction of sp³-hybridized carbons (Fsp3) is 0.500. The summed E-state index contributed by atoms with van der Waals surface area (Å²) in [5.74, 6) is -0.842. The maximum absolute atomic E-state index is 13.6. The summed E-state index contributed by atoms with van der Waals surface area (Å²) in [6.07, 6.45) is 1.96. The quantitative estimate of drug-likeness (QED) is 0.910. The highest BCUT2D eigenvalue weighted by atomic mass is 19.1. The van der Waals surface area contributed by atoms with Crippen molar-refractivity contribution in [2.45, 2.75) is 19.4 Å². The SMILES string of the molecule is N#Cc1cc(F)c(CNCC2CCOCC2)c(F)c1. The van der Waals surface area contributed by atoms with Crippen LogP contribution in [0.4, 0.5) is 8.78 Å². The minimum Gasteiger partial charge on any atom is -0.381 e. The Kier molecular flexibility index (Phi) is 4.83. The van der Waals surface area contributed by atoms with Crippen molar-refractivity contribution in [2.75, 3.05) is 19.8 Å². The molecule has 1 aromatic carbocycles. The molecule has 0 aliphatic carbocycles. The number of rotatable bonds is 4. The van der Waals surface area contributed by atoms with Crippen LogP contribution >= 0.6 is 0 Å². The van der Waals surface area contributed by atoms with Gasteiger partial charge in [0.25, 0.3) is 0 Å². The zero-order valence-electron chi connectivity index (χ0n) is 10.6. The second-order valence-corrected chi connectivity index (χ2v) is 4.72. The molecule has 0 saturated carbocycles. The van der Waals surface area contributed by atoms with Crippen molar-refractivity contribution in [3.05, 3.63) is 34.9 Å². The van der Waals surface area contributed by atoms with Gasteiger partial charge in [0.2, 0.25) is 0 Å². The lowest BCUT2D eigenvalue weighted by Crippen LogP contribution is -2.28. The Labute approximate surface area is 111 Å². The Hall–Kier alpha value is -1.51. The van der Waals surface area contributed by atoms with Crippen molar-refractivity contribution in [2.24, 2.45) is 5.92 Å². The van der Waals surface area contributed by atoms with Gasteiger partial charge in [-0.25, -0.2) is 8.78 Å². The topological polar surface area (TPSA) is 45.0 Å². The molecule has 3 nitrogen and oxygen atoms in total. The van der Waals surface area contributed by atoms with Gasteiger partial charge in [0, 0.05) is 25.3 Å². The molecule has 0 radical (unpaired) electrons. The van der Waals surface area contributed by atoms with E-state index < -0.39 is 11.6 Å². The lowest BCUT2D eigenvalue weighted by molar-refractivity contribution is 0.0662. The van der Waals surface area contributed by atoms with E-state index in [4.69, 9.17) is 10.00 Å². The van der Waals surface area contributed by atoms with E-state index in [1.54, 1.807) is 6.07 Å². The summed E-state index contributed by atoms with van der Waals surface area (Å²) in [7, 11) is 0. The maximum Gasteiger partial charge on any atom is 0.131 e. The second-order valence-electron chi connectivity index (χ2n) is 4.72. The van der Waals surface area contributed by atoms with Crippen molar-refractivity contribution in [3.63, 3.8) is 0 Å². The number of benzene rings is 1. The average Bonchev–Trinajstić information content (AvgIpc) is 2.42. The molecule has 1 N–H and O–H groups in total. The molecule has 19 heavy (non-hydrogen) atoms. The largest absolute Gasteiger partial charge is 0.381 e. The molecule has 0 aromatic heterocycles. The predicted molar refractivity (Wildman–Crippen MR) is 66.3 cm³/mol. The molecule has 1 aliphatic rings. The number of nitriles is 1. The van der Waals surface area contributed by atoms with E-state index in [1.165, 1.54) is 0 Å². The number of ether oxygens (including phenoxy) is 1. The van der Waals surface area contributed by atoms with Crippen molar-refractivity contribution < 1.29 is 13.5 Å². The molecule has 0 amide bonds. The fourth-order valence-corrected chi connectivity index (χ4v) is 2.19. The molecule has 102 valence electrons. The van der Waals surface area contributed by atoms with Crippen LogP contribution in [0.3, 0.4) is 0 Å². The first-order valence-corrected chi connectivity index (χ1v) is 6.37. The molecule has 1 aliphatic heterocycles. The van der Waals surface area contributed by atoms with Gasteiger partial charge in [-0.05, 0) is 37.4 Å². The van der Waals surface area contributed by atoms with Gasteiger partial charge in [0.05, 0.1) is 11.6 Å². The highest BCUT2D eigenvalue weighted by Gasteiger charge is 2.15. The van der Waals surface area contributed by atoms with Gasteiger partial charge in [0.15, 0.2) is 0 Å². The van der Waals surface area contributed by atoms with Crippen LogP contribution in [0, 0.1) is 28.9 Å². The van der Waals surface area contributed by atoms with Crippen LogP contribution in [0.1, 0.15) is 24.0 Å². The molecular formula is C14H16F2N2O. The highest BCUT2D eigenvalue weighted by Crippen LogP contribution is 2.16. The van der Waals surface area contributed by atoms with Crippen LogP contribution < -0.4 is 5.32 Å². The van der Waals surface area contributed by atoms with Crippen LogP contribution in [-0.2, 0) is 11.3 Å². The van der Waals surface area contributed by atoms with E-state index in [1.807, 2.05) is 0 Å². The zero-order valence-corrected chi connectivity index (χ0v) is 10.6. The van der Waals surface area contributed by atoms with Crippen molar-refractivity contribution in [3.8, 4) is 6.07 Å². The standard InChI is InChI=1S/C14H16F2N2O/c15-13-5-11(7-17)6-14(16)12(13)9-18-8-10-1-3-19-4-2-10/h5-6,10,18H,1-4,8-9H2. The summed E-state index contributed by atoms with van der Waals surface area (Å²) < 4.78 is 32.5. The number of nitrogens with one attached hydrogen (secondary N) is 1. The zero-order chi connectivity index (χ0) is 13.7. The van der Waals surface area contributed by atoms with Gasteiger partial charge in [-0.3, -0.25) is 0 Å². The third-order valence-corrected chi connectivity index (χ3v) is 3.35. The van der Waals surface area contributed by atoms with Crippen LogP contribution in [0.25, 0.3) is 0 Å². The van der Waals surface area contributed by atoms with E-state index >= 15 is 0 Å². The summed E-state index contributed by atoms with van der Waals surface area (Å²) in [5.41, 5.74) is -0.00533. The lowest BCUT2D eigenvalue weighted by Gasteiger charge is -2.22. The van der Waals surface area contributed by atoms with E-state index in [9.17, 15) is 8.78 Å². The minimum atomic E-state index is -0.670. The summed E-state index contributed by atoms with van der Waals surface area (Å²) in [6.45, 7) is 2.38. The van der Waals surface area contributed by atoms with Gasteiger partial charge < -0.3 is 10.1 Å². The fourth-order valence-electron chi connectivity index (χ4n) is 2.19. The third kappa shape index (κ3) is 3.72. The molecule has 0 spiro atoms. The van der Waals surface area contributed by atoms with Gasteiger partial charge in [-0.1, -0.05) is 0 Å². The Morgan fingerprint density at radius 1 is 1.26 bits per heavy atom. The molecule has 0 unspecified atom stereocenters.